The quantitative estimate of drug-likeness (QED) is 0.204. The van der Waals surface area contributed by atoms with Gasteiger partial charge in [-0.2, -0.15) is 0 Å². The summed E-state index contributed by atoms with van der Waals surface area (Å²) >= 11 is 6.02. The Morgan fingerprint density at radius 1 is 1.24 bits per heavy atom. The van der Waals surface area contributed by atoms with Crippen molar-refractivity contribution in [2.45, 2.75) is 77.7 Å². The number of benzene rings is 1. The van der Waals surface area contributed by atoms with Gasteiger partial charge in [-0.05, 0) is 62.0 Å². The molecule has 3 nitrogen and oxygen atoms in total. The van der Waals surface area contributed by atoms with Crippen LogP contribution in [0.2, 0.25) is 18.1 Å². The van der Waals surface area contributed by atoms with E-state index in [1.807, 2.05) is 18.2 Å². The molecule has 0 aromatic heterocycles. The lowest BCUT2D eigenvalue weighted by atomic mass is 9.88. The summed E-state index contributed by atoms with van der Waals surface area (Å²) in [5.41, 5.74) is 1.08. The van der Waals surface area contributed by atoms with E-state index in [9.17, 15) is 4.79 Å². The molecule has 0 unspecified atom stereocenters. The second-order valence-corrected chi connectivity index (χ2v) is 14.8. The van der Waals surface area contributed by atoms with Crippen LogP contribution in [0.4, 0.5) is 0 Å². The van der Waals surface area contributed by atoms with E-state index in [0.29, 0.717) is 0 Å². The van der Waals surface area contributed by atoms with Gasteiger partial charge in [-0.1, -0.05) is 63.3 Å². The van der Waals surface area contributed by atoms with Gasteiger partial charge in [-0.15, -0.1) is 0 Å². The fourth-order valence-corrected chi connectivity index (χ4v) is 4.59. The zero-order valence-electron chi connectivity index (χ0n) is 18.9. The van der Waals surface area contributed by atoms with Gasteiger partial charge >= 0.3 is 0 Å². The Hall–Kier alpha value is -1.52. The third kappa shape index (κ3) is 5.99. The molecule has 160 valence electrons. The molecule has 0 spiro atoms. The predicted molar refractivity (Wildman–Crippen MR) is 126 cm³/mol. The van der Waals surface area contributed by atoms with E-state index in [0.717, 1.165) is 24.3 Å². The average molecular weight is 434 g/mol. The van der Waals surface area contributed by atoms with Crippen molar-refractivity contribution in [3.8, 4) is 0 Å². The Morgan fingerprint density at radius 3 is 2.38 bits per heavy atom. The maximum absolute atomic E-state index is 12.2. The molecule has 0 fully saturated rings. The van der Waals surface area contributed by atoms with Gasteiger partial charge in [-0.25, -0.2) is 0 Å². The molecular formula is C24H36ClNO2Si. The summed E-state index contributed by atoms with van der Waals surface area (Å²) in [5, 5.41) is -0.202. The van der Waals surface area contributed by atoms with Crippen molar-refractivity contribution < 1.29 is 9.22 Å². The molecular weight excluding hydrogens is 398 g/mol. The molecule has 0 aliphatic heterocycles. The Labute approximate surface area is 182 Å². The molecule has 0 heterocycles. The molecule has 0 bridgehead atoms. The first-order valence-electron chi connectivity index (χ1n) is 10.5. The topological polar surface area (TPSA) is 29.5 Å². The lowest BCUT2D eigenvalue weighted by Gasteiger charge is -2.45. The normalized spacial score (nSPS) is 20.7. The lowest BCUT2D eigenvalue weighted by molar-refractivity contribution is -0.117. The number of allylic oxidation sites excluding steroid dienone is 1. The first-order chi connectivity index (χ1) is 13.4. The SMILES string of the molecule is CC(C)N(/C(=C/c1ccccc1)O[Si](C)(C)C(C)(C)C)[C@H]1C=CCC[C@H]1C(=O)Cl. The molecule has 2 rings (SSSR count). The van der Waals surface area contributed by atoms with Crippen molar-refractivity contribution in [2.24, 2.45) is 5.92 Å². The fourth-order valence-electron chi connectivity index (χ4n) is 3.36. The van der Waals surface area contributed by atoms with E-state index in [4.69, 9.17) is 16.0 Å². The Kier molecular flexibility index (Phi) is 7.80. The van der Waals surface area contributed by atoms with Gasteiger partial charge in [0.1, 0.15) is 0 Å². The number of nitrogens with zero attached hydrogens (tertiary/aromatic N) is 1. The van der Waals surface area contributed by atoms with Crippen LogP contribution in [-0.2, 0) is 9.22 Å². The van der Waals surface area contributed by atoms with Gasteiger partial charge in [-0.3, -0.25) is 4.79 Å². The van der Waals surface area contributed by atoms with Gasteiger partial charge < -0.3 is 9.33 Å². The van der Waals surface area contributed by atoms with Crippen molar-refractivity contribution in [1.29, 1.82) is 0 Å². The van der Waals surface area contributed by atoms with Crippen molar-refractivity contribution >= 4 is 31.2 Å². The standard InChI is InChI=1S/C24H36ClNO2Si/c1-18(2)26(21-16-12-11-15-20(21)23(25)27)22(17-19-13-9-8-10-14-19)28-29(6,7)24(3,4)5/h8-10,12-14,16-18,20-21H,11,15H2,1-7H3/b22-17-/t20-,21+/m1/s1. The van der Waals surface area contributed by atoms with E-state index < -0.39 is 8.32 Å². The van der Waals surface area contributed by atoms with Crippen LogP contribution in [0.25, 0.3) is 6.08 Å². The first kappa shape index (κ1) is 23.8. The minimum absolute atomic E-state index is 0.0650. The molecule has 1 aliphatic carbocycles. The average Bonchev–Trinajstić information content (AvgIpc) is 2.61. The molecule has 0 radical (unpaired) electrons. The summed E-state index contributed by atoms with van der Waals surface area (Å²) in [5.74, 6) is 0.600. The summed E-state index contributed by atoms with van der Waals surface area (Å²) in [6, 6.07) is 10.3. The summed E-state index contributed by atoms with van der Waals surface area (Å²) in [6.45, 7) is 15.5. The molecule has 29 heavy (non-hydrogen) atoms. The third-order valence-electron chi connectivity index (χ3n) is 6.07. The van der Waals surface area contributed by atoms with E-state index in [-0.39, 0.29) is 28.3 Å². The maximum atomic E-state index is 12.2. The Morgan fingerprint density at radius 2 is 1.86 bits per heavy atom. The summed E-state index contributed by atoms with van der Waals surface area (Å²) < 4.78 is 6.85. The summed E-state index contributed by atoms with van der Waals surface area (Å²) in [4.78, 5) is 14.5. The van der Waals surface area contributed by atoms with Crippen LogP contribution in [0.1, 0.15) is 53.0 Å². The maximum Gasteiger partial charge on any atom is 0.252 e. The molecule has 2 atom stereocenters. The number of halogens is 1. The van der Waals surface area contributed by atoms with E-state index in [1.165, 1.54) is 0 Å². The van der Waals surface area contributed by atoms with Gasteiger partial charge in [0.2, 0.25) is 5.24 Å². The molecule has 0 N–H and O–H groups in total. The molecule has 0 saturated heterocycles. The summed E-state index contributed by atoms with van der Waals surface area (Å²) in [7, 11) is -2.10. The second kappa shape index (κ2) is 9.52. The van der Waals surface area contributed by atoms with Crippen LogP contribution < -0.4 is 0 Å². The Bertz CT molecular complexity index is 750. The van der Waals surface area contributed by atoms with Crippen LogP contribution in [-0.4, -0.2) is 30.5 Å². The highest BCUT2D eigenvalue weighted by Gasteiger charge is 2.42. The monoisotopic (exact) mass is 433 g/mol. The Balaban J connectivity index is 2.56. The van der Waals surface area contributed by atoms with Gasteiger partial charge in [0.05, 0.1) is 12.0 Å². The van der Waals surface area contributed by atoms with Crippen LogP contribution in [0.15, 0.2) is 48.4 Å². The molecule has 1 aliphatic rings. The predicted octanol–water partition coefficient (Wildman–Crippen LogP) is 6.82. The van der Waals surface area contributed by atoms with Gasteiger partial charge in [0.15, 0.2) is 5.88 Å². The highest BCUT2D eigenvalue weighted by Crippen LogP contribution is 2.40. The molecule has 1 aromatic rings. The minimum Gasteiger partial charge on any atom is -0.532 e. The second-order valence-electron chi connectivity index (χ2n) is 9.66. The fraction of sp³-hybridized carbons (Fsp3) is 0.542. The van der Waals surface area contributed by atoms with Crippen LogP contribution >= 0.6 is 11.6 Å². The first-order valence-corrected chi connectivity index (χ1v) is 13.8. The summed E-state index contributed by atoms with van der Waals surface area (Å²) in [6.07, 6.45) is 8.04. The minimum atomic E-state index is -2.10. The number of carbonyl (C=O) groups excluding carboxylic acids is 1. The number of hydrogen-bond acceptors (Lipinski definition) is 3. The third-order valence-corrected chi connectivity index (χ3v) is 10.7. The van der Waals surface area contributed by atoms with E-state index in [1.54, 1.807) is 0 Å². The van der Waals surface area contributed by atoms with Gasteiger partial charge in [0, 0.05) is 12.1 Å². The molecule has 1 aromatic carbocycles. The molecule has 0 amide bonds. The molecule has 0 saturated carbocycles. The highest BCUT2D eigenvalue weighted by molar-refractivity contribution is 6.74. The zero-order chi connectivity index (χ0) is 21.8. The van der Waals surface area contributed by atoms with Crippen molar-refractivity contribution in [2.75, 3.05) is 0 Å². The largest absolute Gasteiger partial charge is 0.532 e. The number of rotatable bonds is 7. The smallest absolute Gasteiger partial charge is 0.252 e. The van der Waals surface area contributed by atoms with Gasteiger partial charge in [0.25, 0.3) is 8.32 Å². The van der Waals surface area contributed by atoms with Crippen LogP contribution in [0, 0.1) is 5.92 Å². The molecule has 5 heteroatoms. The number of carbonyl (C=O) groups is 1. The van der Waals surface area contributed by atoms with E-state index in [2.05, 4.69) is 83.0 Å². The zero-order valence-corrected chi connectivity index (χ0v) is 20.7. The van der Waals surface area contributed by atoms with E-state index >= 15 is 0 Å². The highest BCUT2D eigenvalue weighted by atomic mass is 35.5. The lowest BCUT2D eigenvalue weighted by Crippen LogP contribution is -2.50. The van der Waals surface area contributed by atoms with Crippen molar-refractivity contribution in [3.63, 3.8) is 0 Å². The van der Waals surface area contributed by atoms with Crippen molar-refractivity contribution in [3.05, 3.63) is 53.9 Å². The van der Waals surface area contributed by atoms with Crippen molar-refractivity contribution in [1.82, 2.24) is 4.90 Å². The number of hydrogen-bond donors (Lipinski definition) is 0. The van der Waals surface area contributed by atoms with Crippen LogP contribution in [0.5, 0.6) is 0 Å². The van der Waals surface area contributed by atoms with Crippen LogP contribution in [0.3, 0.4) is 0 Å².